The first kappa shape index (κ1) is 12.7. The summed E-state index contributed by atoms with van der Waals surface area (Å²) in [5, 5.41) is 7.52. The summed E-state index contributed by atoms with van der Waals surface area (Å²) in [5.41, 5.74) is -0.260. The van der Waals surface area contributed by atoms with Crippen LogP contribution in [0.25, 0.3) is 4.96 Å². The van der Waals surface area contributed by atoms with Gasteiger partial charge in [-0.2, -0.15) is 0 Å². The molecular formula is C11H14N4O2S. The molecule has 0 aliphatic carbocycles. The third kappa shape index (κ3) is 2.57. The summed E-state index contributed by atoms with van der Waals surface area (Å²) in [4.78, 5) is 28.4. The molecule has 0 aromatic carbocycles. The fourth-order valence-electron chi connectivity index (χ4n) is 1.52. The van der Waals surface area contributed by atoms with E-state index in [9.17, 15) is 9.59 Å². The normalized spacial score (nSPS) is 10.7. The van der Waals surface area contributed by atoms with Gasteiger partial charge < -0.3 is 10.6 Å². The van der Waals surface area contributed by atoms with Crippen LogP contribution in [-0.2, 0) is 0 Å². The maximum absolute atomic E-state index is 12.0. The predicted octanol–water partition coefficient (Wildman–Crippen LogP) is 0.0953. The summed E-state index contributed by atoms with van der Waals surface area (Å²) in [6.45, 7) is 4.00. The summed E-state index contributed by atoms with van der Waals surface area (Å²) in [7, 11) is 0. The Bertz CT molecular complexity index is 604. The summed E-state index contributed by atoms with van der Waals surface area (Å²) in [6, 6.07) is 0. The number of hydrogen-bond acceptors (Lipinski definition) is 5. The Morgan fingerprint density at radius 3 is 3.11 bits per heavy atom. The van der Waals surface area contributed by atoms with Crippen LogP contribution >= 0.6 is 11.3 Å². The molecule has 0 saturated heterocycles. The van der Waals surface area contributed by atoms with Crippen LogP contribution in [-0.4, -0.2) is 34.9 Å². The molecule has 0 radical (unpaired) electrons. The van der Waals surface area contributed by atoms with E-state index in [1.54, 1.807) is 11.6 Å². The van der Waals surface area contributed by atoms with E-state index >= 15 is 0 Å². The molecule has 96 valence electrons. The number of likely N-dealkylation sites (N-methyl/N-ethyl adjacent to an activating group) is 1. The summed E-state index contributed by atoms with van der Waals surface area (Å²) < 4.78 is 1.38. The standard InChI is InChI=1S/C11H14N4O2S/c1-2-12-3-4-13-9(16)8-7-14-11-15(10(8)17)5-6-18-11/h5-7,12H,2-4H2,1H3,(H,13,16). The third-order valence-electron chi connectivity index (χ3n) is 2.42. The van der Waals surface area contributed by atoms with Crippen molar-refractivity contribution in [1.82, 2.24) is 20.0 Å². The number of amides is 1. The zero-order valence-electron chi connectivity index (χ0n) is 9.97. The Kier molecular flexibility index (Phi) is 4.06. The minimum atomic E-state index is -0.383. The molecule has 18 heavy (non-hydrogen) atoms. The van der Waals surface area contributed by atoms with Gasteiger partial charge in [-0.15, -0.1) is 11.3 Å². The van der Waals surface area contributed by atoms with Gasteiger partial charge in [-0.25, -0.2) is 4.98 Å². The second-order valence-electron chi connectivity index (χ2n) is 3.64. The van der Waals surface area contributed by atoms with E-state index in [1.807, 2.05) is 6.92 Å². The van der Waals surface area contributed by atoms with E-state index in [1.165, 1.54) is 21.9 Å². The minimum Gasteiger partial charge on any atom is -0.351 e. The fraction of sp³-hybridized carbons (Fsp3) is 0.364. The van der Waals surface area contributed by atoms with E-state index in [2.05, 4.69) is 15.6 Å². The third-order valence-corrected chi connectivity index (χ3v) is 3.20. The molecule has 2 rings (SSSR count). The van der Waals surface area contributed by atoms with Crippen LogP contribution in [0.15, 0.2) is 22.6 Å². The number of nitrogens with one attached hydrogen (secondary N) is 2. The Labute approximate surface area is 108 Å². The lowest BCUT2D eigenvalue weighted by atomic mass is 10.3. The van der Waals surface area contributed by atoms with Crippen molar-refractivity contribution in [3.63, 3.8) is 0 Å². The van der Waals surface area contributed by atoms with Gasteiger partial charge in [-0.05, 0) is 6.54 Å². The zero-order chi connectivity index (χ0) is 13.0. The van der Waals surface area contributed by atoms with Gasteiger partial charge in [0, 0.05) is 30.9 Å². The van der Waals surface area contributed by atoms with Crippen LogP contribution in [0.1, 0.15) is 17.3 Å². The van der Waals surface area contributed by atoms with Crippen molar-refractivity contribution in [1.29, 1.82) is 0 Å². The average molecular weight is 266 g/mol. The highest BCUT2D eigenvalue weighted by Crippen LogP contribution is 2.05. The molecular weight excluding hydrogens is 252 g/mol. The molecule has 0 aliphatic heterocycles. The highest BCUT2D eigenvalue weighted by Gasteiger charge is 2.12. The summed E-state index contributed by atoms with van der Waals surface area (Å²) in [5.74, 6) is -0.383. The zero-order valence-corrected chi connectivity index (χ0v) is 10.8. The SMILES string of the molecule is CCNCCNC(=O)c1cnc2sccn2c1=O. The number of carbonyl (C=O) groups excluding carboxylic acids is 1. The molecule has 0 unspecified atom stereocenters. The van der Waals surface area contributed by atoms with Crippen LogP contribution in [0.3, 0.4) is 0 Å². The molecule has 7 heteroatoms. The predicted molar refractivity (Wildman–Crippen MR) is 70.2 cm³/mol. The minimum absolute atomic E-state index is 0.0717. The Morgan fingerprint density at radius 1 is 1.50 bits per heavy atom. The molecule has 2 heterocycles. The van der Waals surface area contributed by atoms with Gasteiger partial charge in [0.2, 0.25) is 0 Å². The number of rotatable bonds is 5. The Morgan fingerprint density at radius 2 is 2.33 bits per heavy atom. The van der Waals surface area contributed by atoms with E-state index in [0.29, 0.717) is 18.1 Å². The lowest BCUT2D eigenvalue weighted by molar-refractivity contribution is 0.0952. The van der Waals surface area contributed by atoms with Crippen molar-refractivity contribution < 1.29 is 4.79 Å². The molecule has 0 bridgehead atoms. The first-order chi connectivity index (χ1) is 8.74. The highest BCUT2D eigenvalue weighted by molar-refractivity contribution is 7.15. The molecule has 2 aromatic heterocycles. The number of nitrogens with zero attached hydrogens (tertiary/aromatic N) is 2. The molecule has 0 aliphatic rings. The molecule has 0 fully saturated rings. The van der Waals surface area contributed by atoms with E-state index < -0.39 is 0 Å². The van der Waals surface area contributed by atoms with E-state index in [4.69, 9.17) is 0 Å². The van der Waals surface area contributed by atoms with E-state index in [0.717, 1.165) is 6.54 Å². The highest BCUT2D eigenvalue weighted by atomic mass is 32.1. The average Bonchev–Trinajstić information content (AvgIpc) is 2.84. The van der Waals surface area contributed by atoms with Gasteiger partial charge in [0.25, 0.3) is 11.5 Å². The van der Waals surface area contributed by atoms with Crippen molar-refractivity contribution in [2.24, 2.45) is 0 Å². The van der Waals surface area contributed by atoms with Gasteiger partial charge in [0.15, 0.2) is 4.96 Å². The van der Waals surface area contributed by atoms with Gasteiger partial charge in [0.05, 0.1) is 0 Å². The first-order valence-corrected chi connectivity index (χ1v) is 6.55. The van der Waals surface area contributed by atoms with Gasteiger partial charge >= 0.3 is 0 Å². The topological polar surface area (TPSA) is 75.5 Å². The van der Waals surface area contributed by atoms with Gasteiger partial charge in [-0.3, -0.25) is 14.0 Å². The number of aromatic nitrogens is 2. The van der Waals surface area contributed by atoms with E-state index in [-0.39, 0.29) is 17.0 Å². The molecule has 2 N–H and O–H groups in total. The molecule has 6 nitrogen and oxygen atoms in total. The van der Waals surface area contributed by atoms with Crippen LogP contribution in [0.5, 0.6) is 0 Å². The summed E-state index contributed by atoms with van der Waals surface area (Å²) >= 11 is 1.36. The monoisotopic (exact) mass is 266 g/mol. The van der Waals surface area contributed by atoms with Crippen molar-refractivity contribution >= 4 is 22.2 Å². The molecule has 0 saturated carbocycles. The second kappa shape index (κ2) is 5.74. The van der Waals surface area contributed by atoms with Crippen molar-refractivity contribution in [3.05, 3.63) is 33.7 Å². The van der Waals surface area contributed by atoms with Crippen LogP contribution < -0.4 is 16.2 Å². The number of fused-ring (bicyclic) bond motifs is 1. The first-order valence-electron chi connectivity index (χ1n) is 5.68. The van der Waals surface area contributed by atoms with Crippen molar-refractivity contribution in [2.45, 2.75) is 6.92 Å². The molecule has 0 atom stereocenters. The lowest BCUT2D eigenvalue weighted by Gasteiger charge is -2.04. The largest absolute Gasteiger partial charge is 0.351 e. The molecule has 0 spiro atoms. The summed E-state index contributed by atoms with van der Waals surface area (Å²) in [6.07, 6.45) is 2.95. The molecule has 1 amide bonds. The van der Waals surface area contributed by atoms with Crippen LogP contribution in [0, 0.1) is 0 Å². The fourth-order valence-corrected chi connectivity index (χ4v) is 2.19. The maximum atomic E-state index is 12.0. The maximum Gasteiger partial charge on any atom is 0.271 e. The van der Waals surface area contributed by atoms with Crippen molar-refractivity contribution in [3.8, 4) is 0 Å². The Hall–Kier alpha value is -1.73. The quantitative estimate of drug-likeness (QED) is 0.752. The van der Waals surface area contributed by atoms with Crippen LogP contribution in [0.2, 0.25) is 0 Å². The van der Waals surface area contributed by atoms with Gasteiger partial charge in [-0.1, -0.05) is 6.92 Å². The Balaban J connectivity index is 2.13. The van der Waals surface area contributed by atoms with Crippen molar-refractivity contribution in [2.75, 3.05) is 19.6 Å². The number of thiazole rings is 1. The smallest absolute Gasteiger partial charge is 0.271 e. The van der Waals surface area contributed by atoms with Gasteiger partial charge in [0.1, 0.15) is 5.56 Å². The second-order valence-corrected chi connectivity index (χ2v) is 4.52. The van der Waals surface area contributed by atoms with Crippen LogP contribution in [0.4, 0.5) is 0 Å². The lowest BCUT2D eigenvalue weighted by Crippen LogP contribution is -2.35. The molecule has 2 aromatic rings. The number of carbonyl (C=O) groups is 1. The number of hydrogen-bond donors (Lipinski definition) is 2.